The Morgan fingerprint density at radius 1 is 0.957 bits per heavy atom. The van der Waals surface area contributed by atoms with E-state index < -0.39 is 0 Å². The molecule has 2 heteroatoms. The van der Waals surface area contributed by atoms with E-state index in [2.05, 4.69) is 92.8 Å². The molecule has 0 heterocycles. The first-order valence-corrected chi connectivity index (χ1v) is 14.1. The molecule has 0 unspecified atom stereocenters. The van der Waals surface area contributed by atoms with Gasteiger partial charge in [-0.1, -0.05) is 43.3 Å². The molecule has 0 atom stereocenters. The molecule has 1 aliphatic rings. The molecule has 0 fully saturated rings. The summed E-state index contributed by atoms with van der Waals surface area (Å²) in [6.45, 7) is 6.68. The molecule has 3 aromatic rings. The van der Waals surface area contributed by atoms with Crippen LogP contribution in [0.4, 0.5) is 0 Å². The van der Waals surface area contributed by atoms with Crippen molar-refractivity contribution in [2.24, 2.45) is 0 Å². The molecule has 114 valence electrons. The molecular formula is C21H22SiZr. The Labute approximate surface area is 154 Å². The van der Waals surface area contributed by atoms with E-state index in [-0.39, 0.29) is 5.43 Å². The Hall–Kier alpha value is -1.11. The first-order chi connectivity index (χ1) is 11.1. The van der Waals surface area contributed by atoms with Gasteiger partial charge in [0.15, 0.2) is 0 Å². The number of hydrogen-bond donors (Lipinski definition) is 0. The van der Waals surface area contributed by atoms with E-state index in [4.69, 9.17) is 0 Å². The van der Waals surface area contributed by atoms with Crippen molar-refractivity contribution in [3.8, 4) is 0 Å². The normalized spacial score (nSPS) is 12.3. The van der Waals surface area contributed by atoms with Gasteiger partial charge < -0.3 is 0 Å². The topological polar surface area (TPSA) is 0 Å². The van der Waals surface area contributed by atoms with Gasteiger partial charge in [0.2, 0.25) is 0 Å². The van der Waals surface area contributed by atoms with Gasteiger partial charge in [0.25, 0.3) is 0 Å². The fraction of sp³-hybridized carbons (Fsp3) is 0.190. The van der Waals surface area contributed by atoms with Gasteiger partial charge in [0.1, 0.15) is 0 Å². The summed E-state index contributed by atoms with van der Waals surface area (Å²) in [5.41, 5.74) is 1.48. The summed E-state index contributed by atoms with van der Waals surface area (Å²) in [5, 5.41) is 5.39. The average Bonchev–Trinajstić information content (AvgIpc) is 3.13. The summed E-state index contributed by atoms with van der Waals surface area (Å²) in [5.74, 6) is 0. The zero-order valence-electron chi connectivity index (χ0n) is 14.1. The SMILES string of the molecule is CC1=[C-]CC=C1.C[Si](C)=[Zr+2].c1ccc2c(c1)[cH-]c1ccccc12. The van der Waals surface area contributed by atoms with Crippen LogP contribution in [-0.2, 0) is 23.3 Å². The van der Waals surface area contributed by atoms with Crippen LogP contribution in [0.3, 0.4) is 0 Å². The van der Waals surface area contributed by atoms with E-state index in [1.807, 2.05) is 0 Å². The second-order valence-electron chi connectivity index (χ2n) is 5.79. The van der Waals surface area contributed by atoms with Crippen molar-refractivity contribution in [3.63, 3.8) is 0 Å². The number of hydrogen-bond acceptors (Lipinski definition) is 0. The van der Waals surface area contributed by atoms with Gasteiger partial charge in [-0.3, -0.25) is 6.08 Å². The number of fused-ring (bicyclic) bond motifs is 3. The molecule has 0 saturated carbocycles. The van der Waals surface area contributed by atoms with Gasteiger partial charge >= 0.3 is 41.9 Å². The van der Waals surface area contributed by atoms with E-state index >= 15 is 0 Å². The molecule has 0 aliphatic heterocycles. The van der Waals surface area contributed by atoms with Crippen LogP contribution in [0.5, 0.6) is 0 Å². The Morgan fingerprint density at radius 3 is 1.78 bits per heavy atom. The zero-order valence-corrected chi connectivity index (χ0v) is 17.5. The fourth-order valence-electron chi connectivity index (χ4n) is 2.42. The third-order valence-corrected chi connectivity index (χ3v) is 3.39. The van der Waals surface area contributed by atoms with Crippen molar-refractivity contribution in [2.45, 2.75) is 26.4 Å². The summed E-state index contributed by atoms with van der Waals surface area (Å²) in [4.78, 5) is 0. The fourth-order valence-corrected chi connectivity index (χ4v) is 2.42. The summed E-state index contributed by atoms with van der Waals surface area (Å²) in [6, 6.07) is 19.3. The Bertz CT molecular complexity index is 795. The minimum absolute atomic E-state index is 0.210. The summed E-state index contributed by atoms with van der Waals surface area (Å²) < 4.78 is 0. The van der Waals surface area contributed by atoms with Crippen molar-refractivity contribution in [1.82, 2.24) is 0 Å². The second kappa shape index (κ2) is 9.25. The van der Waals surface area contributed by atoms with E-state index in [0.29, 0.717) is 0 Å². The minimum atomic E-state index is 0.210. The van der Waals surface area contributed by atoms with E-state index in [9.17, 15) is 0 Å². The van der Waals surface area contributed by atoms with Crippen LogP contribution in [0.2, 0.25) is 13.1 Å². The maximum absolute atomic E-state index is 3.12. The number of benzene rings is 2. The molecule has 0 spiro atoms. The number of allylic oxidation sites excluding steroid dienone is 4. The molecule has 4 rings (SSSR count). The summed E-state index contributed by atoms with van der Waals surface area (Å²) >= 11 is 1.74. The third-order valence-electron chi connectivity index (χ3n) is 3.39. The summed E-state index contributed by atoms with van der Waals surface area (Å²) in [6.07, 6.45) is 8.33. The van der Waals surface area contributed by atoms with E-state index in [0.717, 1.165) is 6.42 Å². The summed E-state index contributed by atoms with van der Waals surface area (Å²) in [7, 11) is 0. The Balaban J connectivity index is 0.000000161. The molecule has 0 saturated heterocycles. The molecule has 0 aromatic heterocycles. The molecule has 0 amide bonds. The van der Waals surface area contributed by atoms with E-state index in [1.54, 1.807) is 23.3 Å². The van der Waals surface area contributed by atoms with Crippen LogP contribution >= 0.6 is 0 Å². The van der Waals surface area contributed by atoms with Crippen LogP contribution in [-0.4, -0.2) is 5.43 Å². The molecule has 0 nitrogen and oxygen atoms in total. The van der Waals surface area contributed by atoms with Gasteiger partial charge in [0.05, 0.1) is 0 Å². The second-order valence-corrected chi connectivity index (χ2v) is 15.2. The minimum Gasteiger partial charge on any atom is -0.126 e. The van der Waals surface area contributed by atoms with Crippen molar-refractivity contribution < 1.29 is 23.3 Å². The molecule has 23 heavy (non-hydrogen) atoms. The first kappa shape index (κ1) is 18.2. The molecule has 0 N–H and O–H groups in total. The Morgan fingerprint density at radius 2 is 1.43 bits per heavy atom. The molecule has 0 radical (unpaired) electrons. The van der Waals surface area contributed by atoms with Gasteiger partial charge in [0, 0.05) is 0 Å². The van der Waals surface area contributed by atoms with Crippen LogP contribution < -0.4 is 0 Å². The van der Waals surface area contributed by atoms with Gasteiger partial charge in [-0.15, -0.1) is 46.2 Å². The van der Waals surface area contributed by atoms with Crippen molar-refractivity contribution in [2.75, 3.05) is 0 Å². The van der Waals surface area contributed by atoms with Crippen LogP contribution in [0.25, 0.3) is 21.5 Å². The predicted octanol–water partition coefficient (Wildman–Crippen LogP) is 6.19. The predicted molar refractivity (Wildman–Crippen MR) is 101 cm³/mol. The van der Waals surface area contributed by atoms with Crippen molar-refractivity contribution in [1.29, 1.82) is 0 Å². The monoisotopic (exact) mass is 392 g/mol. The van der Waals surface area contributed by atoms with Crippen LogP contribution in [0, 0.1) is 6.08 Å². The molecule has 0 bridgehead atoms. The zero-order chi connectivity index (χ0) is 16.7. The van der Waals surface area contributed by atoms with Gasteiger partial charge in [-0.05, 0) is 0 Å². The maximum Gasteiger partial charge on any atom is -0.0771 e. The van der Waals surface area contributed by atoms with Crippen molar-refractivity contribution in [3.05, 3.63) is 78.4 Å². The molecule has 1 aliphatic carbocycles. The molecular weight excluding hydrogens is 372 g/mol. The quantitative estimate of drug-likeness (QED) is 0.315. The first-order valence-electron chi connectivity index (χ1n) is 7.87. The average molecular weight is 394 g/mol. The maximum atomic E-state index is 3.12. The Kier molecular flexibility index (Phi) is 7.33. The largest absolute Gasteiger partial charge is 0.126 e. The van der Waals surface area contributed by atoms with Crippen LogP contribution in [0.1, 0.15) is 13.3 Å². The third kappa shape index (κ3) is 5.79. The van der Waals surface area contributed by atoms with Gasteiger partial charge in [-0.25, -0.2) is 11.6 Å². The smallest absolute Gasteiger partial charge is 0.0771 e. The molecule has 3 aromatic carbocycles. The standard InChI is InChI=1S/C13H9.C6H7.C2H6Si.Zr/c1-3-7-12-10(5-1)9-11-6-2-4-8-13(11)12;1-6-4-2-3-5-6;1-3-2;/h1-9H;2,4H,3H2,1H3;1-2H3;/q2*-1;;+2. The van der Waals surface area contributed by atoms with Crippen LogP contribution in [0.15, 0.2) is 72.3 Å². The van der Waals surface area contributed by atoms with E-state index in [1.165, 1.54) is 27.1 Å². The van der Waals surface area contributed by atoms with Crippen molar-refractivity contribution >= 4 is 27.0 Å². The van der Waals surface area contributed by atoms with Gasteiger partial charge in [-0.2, -0.15) is 6.08 Å². The number of rotatable bonds is 0.